The Morgan fingerprint density at radius 2 is 1.67 bits per heavy atom. The summed E-state index contributed by atoms with van der Waals surface area (Å²) < 4.78 is 19.6. The molecule has 0 spiro atoms. The van der Waals surface area contributed by atoms with E-state index < -0.39 is 0 Å². The van der Waals surface area contributed by atoms with Crippen LogP contribution < -0.4 is 10.1 Å². The van der Waals surface area contributed by atoms with Gasteiger partial charge in [-0.25, -0.2) is 4.39 Å². The molecule has 1 atom stereocenters. The van der Waals surface area contributed by atoms with Crippen LogP contribution in [-0.4, -0.2) is 6.04 Å². The molecule has 4 bridgehead atoms. The van der Waals surface area contributed by atoms with Crippen molar-refractivity contribution in [1.82, 2.24) is 5.32 Å². The molecule has 1 N–H and O–H groups in total. The zero-order valence-electron chi connectivity index (χ0n) is 17.7. The Kier molecular flexibility index (Phi) is 5.53. The van der Waals surface area contributed by atoms with Gasteiger partial charge in [0.2, 0.25) is 0 Å². The highest BCUT2D eigenvalue weighted by molar-refractivity contribution is 6.31. The van der Waals surface area contributed by atoms with E-state index in [1.165, 1.54) is 50.2 Å². The van der Waals surface area contributed by atoms with Crippen molar-refractivity contribution in [1.29, 1.82) is 0 Å². The van der Waals surface area contributed by atoms with E-state index in [1.54, 1.807) is 12.1 Å². The molecule has 2 aromatic carbocycles. The molecule has 0 aromatic heterocycles. The van der Waals surface area contributed by atoms with Gasteiger partial charge >= 0.3 is 0 Å². The van der Waals surface area contributed by atoms with E-state index in [1.807, 2.05) is 12.1 Å². The van der Waals surface area contributed by atoms with E-state index in [4.69, 9.17) is 16.3 Å². The lowest BCUT2D eigenvalue weighted by Gasteiger charge is -2.59. The average Bonchev–Trinajstić information content (AvgIpc) is 2.71. The summed E-state index contributed by atoms with van der Waals surface area (Å²) >= 11 is 6.08. The highest BCUT2D eigenvalue weighted by Crippen LogP contribution is 2.61. The minimum absolute atomic E-state index is 0.131. The van der Waals surface area contributed by atoms with Gasteiger partial charge in [0, 0.05) is 18.2 Å². The van der Waals surface area contributed by atoms with Crippen LogP contribution in [0.15, 0.2) is 42.5 Å². The third-order valence-corrected chi connectivity index (χ3v) is 8.34. The monoisotopic (exact) mass is 427 g/mol. The van der Waals surface area contributed by atoms with E-state index in [2.05, 4.69) is 24.4 Å². The van der Waals surface area contributed by atoms with Crippen LogP contribution >= 0.6 is 11.6 Å². The first-order valence-electron chi connectivity index (χ1n) is 11.4. The number of halogens is 2. The summed E-state index contributed by atoms with van der Waals surface area (Å²) in [6.45, 7) is 3.41. The Hall–Kier alpha value is -1.58. The molecule has 0 amide bonds. The summed E-state index contributed by atoms with van der Waals surface area (Å²) in [5, 5.41) is 4.24. The third kappa shape index (κ3) is 3.99. The van der Waals surface area contributed by atoms with Gasteiger partial charge in [0.15, 0.2) is 0 Å². The zero-order valence-corrected chi connectivity index (χ0v) is 18.4. The molecular weight excluding hydrogens is 397 g/mol. The molecule has 6 rings (SSSR count). The molecule has 1 unspecified atom stereocenters. The number of benzene rings is 2. The molecule has 4 heteroatoms. The minimum Gasteiger partial charge on any atom is -0.489 e. The van der Waals surface area contributed by atoms with Gasteiger partial charge in [-0.05, 0) is 98.4 Å². The molecule has 0 radical (unpaired) electrons. The van der Waals surface area contributed by atoms with Crippen LogP contribution in [0.1, 0.15) is 56.6 Å². The van der Waals surface area contributed by atoms with Crippen molar-refractivity contribution in [2.24, 2.45) is 23.2 Å². The summed E-state index contributed by atoms with van der Waals surface area (Å²) in [5.74, 6) is 3.36. The smallest absolute Gasteiger partial charge is 0.131 e. The lowest BCUT2D eigenvalue weighted by molar-refractivity contribution is -0.0706. The molecule has 160 valence electrons. The third-order valence-electron chi connectivity index (χ3n) is 7.98. The molecule has 4 fully saturated rings. The summed E-state index contributed by atoms with van der Waals surface area (Å²) in [6.07, 6.45) is 8.76. The Bertz CT molecular complexity index is 841. The maximum absolute atomic E-state index is 13.9. The van der Waals surface area contributed by atoms with Crippen molar-refractivity contribution in [3.8, 4) is 5.75 Å². The molecule has 0 heterocycles. The lowest BCUT2D eigenvalue weighted by Crippen LogP contribution is -2.54. The number of nitrogens with one attached hydrogen (secondary N) is 1. The maximum Gasteiger partial charge on any atom is 0.131 e. The fourth-order valence-electron chi connectivity index (χ4n) is 6.72. The zero-order chi connectivity index (χ0) is 20.7. The molecular formula is C26H31ClFNO. The van der Waals surface area contributed by atoms with Crippen molar-refractivity contribution >= 4 is 11.6 Å². The van der Waals surface area contributed by atoms with Crippen LogP contribution in [0.25, 0.3) is 0 Å². The second-order valence-electron chi connectivity index (χ2n) is 10.0. The molecule has 30 heavy (non-hydrogen) atoms. The van der Waals surface area contributed by atoms with Crippen LogP contribution in [0, 0.1) is 29.0 Å². The largest absolute Gasteiger partial charge is 0.489 e. The van der Waals surface area contributed by atoms with E-state index >= 15 is 0 Å². The number of hydrogen-bond donors (Lipinski definition) is 1. The Morgan fingerprint density at radius 3 is 2.27 bits per heavy atom. The van der Waals surface area contributed by atoms with Gasteiger partial charge in [-0.1, -0.05) is 29.8 Å². The van der Waals surface area contributed by atoms with Gasteiger partial charge in [-0.3, -0.25) is 0 Å². The first-order chi connectivity index (χ1) is 14.5. The van der Waals surface area contributed by atoms with E-state index in [0.717, 1.165) is 30.0 Å². The van der Waals surface area contributed by atoms with Crippen LogP contribution in [0.3, 0.4) is 0 Å². The number of ether oxygens (including phenoxy) is 1. The molecule has 2 nitrogen and oxygen atoms in total. The Morgan fingerprint density at radius 1 is 1.03 bits per heavy atom. The molecule has 0 aliphatic heterocycles. The maximum atomic E-state index is 13.9. The number of hydrogen-bond acceptors (Lipinski definition) is 2. The summed E-state index contributed by atoms with van der Waals surface area (Å²) in [7, 11) is 0. The van der Waals surface area contributed by atoms with Gasteiger partial charge in [0.05, 0.1) is 5.02 Å². The van der Waals surface area contributed by atoms with Crippen molar-refractivity contribution in [2.75, 3.05) is 0 Å². The highest BCUT2D eigenvalue weighted by atomic mass is 35.5. The second kappa shape index (κ2) is 8.16. The standard InChI is InChI=1S/C26H31ClFNO/c1-17(26-12-19-9-20(13-26)11-21(10-19)14-26)29-15-18-5-7-22(8-6-18)30-16-23-24(27)3-2-4-25(23)28/h2-8,17,19-21,29H,9-16H2,1H3. The Labute approximate surface area is 184 Å². The normalized spacial score (nSPS) is 30.4. The quantitative estimate of drug-likeness (QED) is 0.527. The fourth-order valence-corrected chi connectivity index (χ4v) is 6.94. The molecule has 4 aliphatic rings. The van der Waals surface area contributed by atoms with Gasteiger partial charge < -0.3 is 10.1 Å². The first kappa shape index (κ1) is 20.3. The minimum atomic E-state index is -0.331. The molecule has 4 saturated carbocycles. The summed E-state index contributed by atoms with van der Waals surface area (Å²) in [4.78, 5) is 0. The van der Waals surface area contributed by atoms with E-state index in [-0.39, 0.29) is 12.4 Å². The summed E-state index contributed by atoms with van der Waals surface area (Å²) in [5.41, 5.74) is 2.17. The predicted molar refractivity (Wildman–Crippen MR) is 119 cm³/mol. The van der Waals surface area contributed by atoms with Crippen LogP contribution in [0.5, 0.6) is 5.75 Å². The second-order valence-corrected chi connectivity index (χ2v) is 10.4. The van der Waals surface area contributed by atoms with Crippen LogP contribution in [0.2, 0.25) is 5.02 Å². The van der Waals surface area contributed by atoms with E-state index in [0.29, 0.717) is 22.0 Å². The lowest BCUT2D eigenvalue weighted by atomic mass is 9.48. The fraction of sp³-hybridized carbons (Fsp3) is 0.538. The molecule has 4 aliphatic carbocycles. The van der Waals surface area contributed by atoms with Gasteiger partial charge in [-0.2, -0.15) is 0 Å². The van der Waals surface area contributed by atoms with Gasteiger partial charge in [0.25, 0.3) is 0 Å². The Balaban J connectivity index is 1.16. The first-order valence-corrected chi connectivity index (χ1v) is 11.8. The summed E-state index contributed by atoms with van der Waals surface area (Å²) in [6, 6.07) is 13.4. The SMILES string of the molecule is CC(NCc1ccc(OCc2c(F)cccc2Cl)cc1)C12CC3CC(CC(C3)C1)C2. The molecule has 0 saturated heterocycles. The topological polar surface area (TPSA) is 21.3 Å². The van der Waals surface area contributed by atoms with Crippen molar-refractivity contribution < 1.29 is 9.13 Å². The predicted octanol–water partition coefficient (Wildman–Crippen LogP) is 6.75. The average molecular weight is 428 g/mol. The van der Waals surface area contributed by atoms with Gasteiger partial charge in [0.1, 0.15) is 18.2 Å². The van der Waals surface area contributed by atoms with Crippen molar-refractivity contribution in [3.05, 3.63) is 64.4 Å². The van der Waals surface area contributed by atoms with Crippen molar-refractivity contribution in [2.45, 2.75) is 64.6 Å². The van der Waals surface area contributed by atoms with Gasteiger partial charge in [-0.15, -0.1) is 0 Å². The molecule has 2 aromatic rings. The van der Waals surface area contributed by atoms with E-state index in [9.17, 15) is 4.39 Å². The highest BCUT2D eigenvalue weighted by Gasteiger charge is 2.52. The van der Waals surface area contributed by atoms with Crippen LogP contribution in [0.4, 0.5) is 4.39 Å². The van der Waals surface area contributed by atoms with Crippen molar-refractivity contribution in [3.63, 3.8) is 0 Å². The van der Waals surface area contributed by atoms with Crippen LogP contribution in [-0.2, 0) is 13.2 Å². The number of rotatable bonds is 7.